The fourth-order valence-corrected chi connectivity index (χ4v) is 3.08. The second-order valence-corrected chi connectivity index (χ2v) is 6.22. The van der Waals surface area contributed by atoms with Gasteiger partial charge in [-0.15, -0.1) is 0 Å². The number of ether oxygens (including phenoxy) is 1. The number of pyridine rings is 1. The molecule has 0 N–H and O–H groups in total. The Kier molecular flexibility index (Phi) is 4.70. The molecule has 0 radical (unpaired) electrons. The van der Waals surface area contributed by atoms with Gasteiger partial charge in [-0.2, -0.15) is 0 Å². The second kappa shape index (κ2) is 7.45. The van der Waals surface area contributed by atoms with Crippen LogP contribution in [0.4, 0.5) is 0 Å². The zero-order valence-corrected chi connectivity index (χ0v) is 14.2. The van der Waals surface area contributed by atoms with Crippen molar-refractivity contribution in [2.24, 2.45) is 0 Å². The van der Waals surface area contributed by atoms with Gasteiger partial charge in [0.05, 0.1) is 32.0 Å². The molecule has 0 saturated heterocycles. The monoisotopic (exact) mass is 349 g/mol. The Balaban J connectivity index is 1.53. The van der Waals surface area contributed by atoms with Crippen LogP contribution in [0, 0.1) is 0 Å². The first kappa shape index (κ1) is 16.4. The van der Waals surface area contributed by atoms with E-state index in [1.807, 2.05) is 30.5 Å². The summed E-state index contributed by atoms with van der Waals surface area (Å²) in [5.41, 5.74) is 2.43. The zero-order valence-electron chi connectivity index (χ0n) is 14.2. The number of rotatable bonds is 4. The summed E-state index contributed by atoms with van der Waals surface area (Å²) in [5.74, 6) is -0.136. The van der Waals surface area contributed by atoms with Crippen molar-refractivity contribution in [2.75, 3.05) is 6.54 Å². The van der Waals surface area contributed by atoms with Gasteiger partial charge in [-0.1, -0.05) is 6.07 Å². The van der Waals surface area contributed by atoms with Crippen LogP contribution >= 0.6 is 0 Å². The Bertz CT molecular complexity index is 866. The largest absolute Gasteiger partial charge is 0.370 e. The predicted molar refractivity (Wildman–Crippen MR) is 94.0 cm³/mol. The van der Waals surface area contributed by atoms with E-state index < -0.39 is 0 Å². The lowest BCUT2D eigenvalue weighted by molar-refractivity contribution is 0.0103. The minimum absolute atomic E-state index is 0.121. The fraction of sp³-hybridized carbons (Fsp3) is 0.263. The number of carbonyl (C=O) groups is 1. The Morgan fingerprint density at radius 1 is 1.12 bits per heavy atom. The van der Waals surface area contributed by atoms with E-state index in [2.05, 4.69) is 19.5 Å². The molecule has 7 heteroatoms. The molecular formula is C19H19N5O2. The van der Waals surface area contributed by atoms with E-state index in [0.29, 0.717) is 31.9 Å². The Hall–Kier alpha value is -3.06. The molecule has 3 aromatic heterocycles. The first-order valence-corrected chi connectivity index (χ1v) is 8.49. The molecule has 0 aliphatic carbocycles. The summed E-state index contributed by atoms with van der Waals surface area (Å²) >= 11 is 0. The Morgan fingerprint density at radius 3 is 2.85 bits per heavy atom. The van der Waals surface area contributed by atoms with Gasteiger partial charge >= 0.3 is 0 Å². The molecule has 26 heavy (non-hydrogen) atoms. The number of aromatic nitrogens is 4. The van der Waals surface area contributed by atoms with Gasteiger partial charge < -0.3 is 14.2 Å². The molecule has 1 atom stereocenters. The van der Waals surface area contributed by atoms with Crippen LogP contribution in [0.1, 0.15) is 21.7 Å². The summed E-state index contributed by atoms with van der Waals surface area (Å²) in [7, 11) is 0. The number of nitrogens with zero attached hydrogens (tertiary/aromatic N) is 5. The first-order valence-electron chi connectivity index (χ1n) is 8.49. The van der Waals surface area contributed by atoms with E-state index in [0.717, 1.165) is 11.3 Å². The van der Waals surface area contributed by atoms with Gasteiger partial charge in [-0.3, -0.25) is 14.8 Å². The Labute approximate surface area is 151 Å². The van der Waals surface area contributed by atoms with Crippen molar-refractivity contribution < 1.29 is 9.53 Å². The van der Waals surface area contributed by atoms with E-state index in [1.54, 1.807) is 23.5 Å². The first-order chi connectivity index (χ1) is 12.8. The van der Waals surface area contributed by atoms with Gasteiger partial charge in [0.2, 0.25) is 0 Å². The maximum absolute atomic E-state index is 12.9. The molecule has 0 fully saturated rings. The number of hydrogen-bond acceptors (Lipinski definition) is 5. The van der Waals surface area contributed by atoms with Crippen molar-refractivity contribution in [1.29, 1.82) is 0 Å². The predicted octanol–water partition coefficient (Wildman–Crippen LogP) is 1.91. The minimum atomic E-state index is -0.136. The number of carbonyl (C=O) groups excluding carboxylic acids is 1. The van der Waals surface area contributed by atoms with Crippen molar-refractivity contribution in [3.05, 3.63) is 78.4 Å². The molecule has 1 aliphatic heterocycles. The molecule has 3 aromatic rings. The number of hydrogen-bond donors (Lipinski definition) is 0. The lowest BCUT2D eigenvalue weighted by Crippen LogP contribution is -2.37. The van der Waals surface area contributed by atoms with Crippen LogP contribution in [0.15, 0.2) is 61.4 Å². The summed E-state index contributed by atoms with van der Waals surface area (Å²) in [6.07, 6.45) is 10.0. The average molecular weight is 349 g/mol. The lowest BCUT2D eigenvalue weighted by Gasteiger charge is -2.24. The van der Waals surface area contributed by atoms with Gasteiger partial charge in [0.1, 0.15) is 5.69 Å². The highest BCUT2D eigenvalue weighted by molar-refractivity contribution is 5.91. The number of fused-ring (bicyclic) bond motifs is 1. The van der Waals surface area contributed by atoms with Crippen molar-refractivity contribution in [3.63, 3.8) is 0 Å². The molecule has 0 unspecified atom stereocenters. The molecule has 0 spiro atoms. The number of amides is 1. The minimum Gasteiger partial charge on any atom is -0.370 e. The average Bonchev–Trinajstić information content (AvgIpc) is 3.05. The molecule has 0 saturated carbocycles. The summed E-state index contributed by atoms with van der Waals surface area (Å²) in [4.78, 5) is 26.9. The molecule has 7 nitrogen and oxygen atoms in total. The summed E-state index contributed by atoms with van der Waals surface area (Å²) in [6, 6.07) is 7.89. The van der Waals surface area contributed by atoms with Gasteiger partial charge in [0.15, 0.2) is 0 Å². The maximum Gasteiger partial charge on any atom is 0.274 e. The summed E-state index contributed by atoms with van der Waals surface area (Å²) < 4.78 is 8.24. The highest BCUT2D eigenvalue weighted by Gasteiger charge is 2.26. The normalized spacial score (nSPS) is 16.8. The molecule has 0 bridgehead atoms. The lowest BCUT2D eigenvalue weighted by atomic mass is 10.2. The van der Waals surface area contributed by atoms with Crippen LogP contribution in [0.2, 0.25) is 0 Å². The third kappa shape index (κ3) is 3.62. The van der Waals surface area contributed by atoms with Gasteiger partial charge in [-0.25, -0.2) is 4.98 Å². The van der Waals surface area contributed by atoms with Gasteiger partial charge in [0.25, 0.3) is 5.91 Å². The van der Waals surface area contributed by atoms with Crippen LogP contribution in [0.3, 0.4) is 0 Å². The highest BCUT2D eigenvalue weighted by Crippen LogP contribution is 2.18. The molecule has 4 heterocycles. The molecule has 132 valence electrons. The molecule has 1 aliphatic rings. The highest BCUT2D eigenvalue weighted by atomic mass is 16.5. The quantitative estimate of drug-likeness (QED) is 0.719. The maximum atomic E-state index is 12.9. The second-order valence-electron chi connectivity index (χ2n) is 6.22. The topological polar surface area (TPSA) is 73.1 Å². The van der Waals surface area contributed by atoms with E-state index in [4.69, 9.17) is 4.74 Å². The van der Waals surface area contributed by atoms with Crippen molar-refractivity contribution in [1.82, 2.24) is 24.4 Å². The molecule has 1 amide bonds. The van der Waals surface area contributed by atoms with E-state index in [-0.39, 0.29) is 12.0 Å². The molecule has 4 rings (SSSR count). The standard InChI is InChI=1S/C19H19N5O2/c25-19(18-10-21-6-7-22-18)24-11-16-4-2-8-23(16)12-17(13-24)26-14-15-3-1-5-20-9-15/h1-10,17H,11-14H2/t17-/m1/s1. The SMILES string of the molecule is O=C(c1cnccn1)N1Cc2cccn2C[C@@H](OCc2cccnc2)C1. The Morgan fingerprint density at radius 2 is 2.04 bits per heavy atom. The molecule has 0 aromatic carbocycles. The van der Waals surface area contributed by atoms with Crippen LogP contribution in [0.25, 0.3) is 0 Å². The summed E-state index contributed by atoms with van der Waals surface area (Å²) in [5, 5.41) is 0. The van der Waals surface area contributed by atoms with Crippen molar-refractivity contribution in [3.8, 4) is 0 Å². The van der Waals surface area contributed by atoms with Crippen LogP contribution in [0.5, 0.6) is 0 Å². The van der Waals surface area contributed by atoms with Crippen molar-refractivity contribution in [2.45, 2.75) is 25.8 Å². The van der Waals surface area contributed by atoms with Gasteiger partial charge in [0, 0.05) is 43.2 Å². The fourth-order valence-electron chi connectivity index (χ4n) is 3.08. The van der Waals surface area contributed by atoms with Crippen LogP contribution < -0.4 is 0 Å². The molecular weight excluding hydrogens is 330 g/mol. The summed E-state index contributed by atoms with van der Waals surface area (Å²) in [6.45, 7) is 2.18. The van der Waals surface area contributed by atoms with Crippen LogP contribution in [-0.4, -0.2) is 43.0 Å². The third-order valence-corrected chi connectivity index (χ3v) is 4.38. The zero-order chi connectivity index (χ0) is 17.8. The van der Waals surface area contributed by atoms with Gasteiger partial charge in [-0.05, 0) is 23.8 Å². The third-order valence-electron chi connectivity index (χ3n) is 4.38. The van der Waals surface area contributed by atoms with E-state index in [9.17, 15) is 4.79 Å². The van der Waals surface area contributed by atoms with E-state index >= 15 is 0 Å². The van der Waals surface area contributed by atoms with Crippen molar-refractivity contribution >= 4 is 5.91 Å². The van der Waals surface area contributed by atoms with E-state index in [1.165, 1.54) is 12.4 Å². The van der Waals surface area contributed by atoms with Crippen LogP contribution in [-0.2, 0) is 24.4 Å². The smallest absolute Gasteiger partial charge is 0.274 e.